The van der Waals surface area contributed by atoms with Crippen molar-refractivity contribution in [2.45, 2.75) is 45.6 Å². The molecule has 0 saturated carbocycles. The van der Waals surface area contributed by atoms with Crippen LogP contribution in [0.25, 0.3) is 5.57 Å². The quantitative estimate of drug-likeness (QED) is 0.885. The van der Waals surface area contributed by atoms with E-state index in [9.17, 15) is 10.2 Å². The van der Waals surface area contributed by atoms with Crippen molar-refractivity contribution in [3.8, 4) is 5.75 Å². The Kier molecular flexibility index (Phi) is 5.16. The Balaban J connectivity index is 1.86. The molecule has 1 saturated heterocycles. The minimum Gasteiger partial charge on any atom is -0.508 e. The van der Waals surface area contributed by atoms with Gasteiger partial charge in [-0.05, 0) is 73.8 Å². The van der Waals surface area contributed by atoms with Crippen LogP contribution in [0.15, 0.2) is 17.9 Å². The second-order valence-electron chi connectivity index (χ2n) is 7.20. The lowest BCUT2D eigenvalue weighted by atomic mass is 9.84. The van der Waals surface area contributed by atoms with Crippen molar-refractivity contribution in [3.63, 3.8) is 0 Å². The molecule has 2 unspecified atom stereocenters. The lowest BCUT2D eigenvalue weighted by Gasteiger charge is -2.27. The normalized spacial score (nSPS) is 25.3. The number of phenolic OH excluding ortho intramolecular Hbond substituents is 1. The first-order chi connectivity index (χ1) is 11.5. The van der Waals surface area contributed by atoms with Gasteiger partial charge in [-0.3, -0.25) is 0 Å². The van der Waals surface area contributed by atoms with Gasteiger partial charge in [0.15, 0.2) is 0 Å². The molecule has 0 amide bonds. The van der Waals surface area contributed by atoms with Crippen LogP contribution >= 0.6 is 0 Å². The van der Waals surface area contributed by atoms with Crippen LogP contribution in [0.2, 0.25) is 0 Å². The number of hydrogen-bond acceptors (Lipinski definition) is 4. The van der Waals surface area contributed by atoms with E-state index in [4.69, 9.17) is 9.47 Å². The Morgan fingerprint density at radius 2 is 1.79 bits per heavy atom. The Morgan fingerprint density at radius 3 is 2.38 bits per heavy atom. The van der Waals surface area contributed by atoms with E-state index in [1.807, 2.05) is 13.8 Å². The van der Waals surface area contributed by atoms with Crippen LogP contribution in [0.5, 0.6) is 5.75 Å². The average molecular weight is 332 g/mol. The molecule has 2 N–H and O–H groups in total. The van der Waals surface area contributed by atoms with Crippen LogP contribution in [0.3, 0.4) is 0 Å². The highest BCUT2D eigenvalue weighted by Crippen LogP contribution is 2.44. The second kappa shape index (κ2) is 7.16. The maximum Gasteiger partial charge on any atom is 0.116 e. The second-order valence-corrected chi connectivity index (χ2v) is 7.20. The molecule has 1 heterocycles. The van der Waals surface area contributed by atoms with Crippen molar-refractivity contribution >= 4 is 5.57 Å². The van der Waals surface area contributed by atoms with Crippen LogP contribution < -0.4 is 0 Å². The molecule has 1 aromatic rings. The molecule has 24 heavy (non-hydrogen) atoms. The SMILES string of the molecule is COC1=C(c2c(C)cc(O)cc2C)C(O)C(CC2CCOCC2)C1. The summed E-state index contributed by atoms with van der Waals surface area (Å²) < 4.78 is 11.1. The van der Waals surface area contributed by atoms with Crippen molar-refractivity contribution in [3.05, 3.63) is 34.6 Å². The van der Waals surface area contributed by atoms with Gasteiger partial charge in [-0.15, -0.1) is 0 Å². The van der Waals surface area contributed by atoms with E-state index in [-0.39, 0.29) is 11.7 Å². The first-order valence-electron chi connectivity index (χ1n) is 8.84. The summed E-state index contributed by atoms with van der Waals surface area (Å²) in [7, 11) is 1.68. The van der Waals surface area contributed by atoms with Crippen molar-refractivity contribution < 1.29 is 19.7 Å². The predicted octanol–water partition coefficient (Wildman–Crippen LogP) is 3.56. The fourth-order valence-electron chi connectivity index (χ4n) is 4.33. The molecule has 4 heteroatoms. The van der Waals surface area contributed by atoms with E-state index in [0.717, 1.165) is 66.9 Å². The van der Waals surface area contributed by atoms with Crippen molar-refractivity contribution in [2.75, 3.05) is 20.3 Å². The number of hydrogen-bond donors (Lipinski definition) is 2. The Hall–Kier alpha value is -1.52. The summed E-state index contributed by atoms with van der Waals surface area (Å²) in [5.41, 5.74) is 3.88. The lowest BCUT2D eigenvalue weighted by Crippen LogP contribution is -2.24. The van der Waals surface area contributed by atoms with Crippen LogP contribution in [-0.4, -0.2) is 36.6 Å². The zero-order valence-corrected chi connectivity index (χ0v) is 14.8. The molecule has 0 radical (unpaired) electrons. The minimum absolute atomic E-state index is 0.200. The first-order valence-corrected chi connectivity index (χ1v) is 8.84. The molecule has 2 atom stereocenters. The van der Waals surface area contributed by atoms with Crippen LogP contribution in [0.4, 0.5) is 0 Å². The molecule has 132 valence electrons. The van der Waals surface area contributed by atoms with E-state index in [0.29, 0.717) is 5.92 Å². The van der Waals surface area contributed by atoms with Gasteiger partial charge in [-0.2, -0.15) is 0 Å². The number of ether oxygens (including phenoxy) is 2. The number of aryl methyl sites for hydroxylation is 2. The maximum absolute atomic E-state index is 11.0. The zero-order chi connectivity index (χ0) is 17.3. The van der Waals surface area contributed by atoms with E-state index in [2.05, 4.69) is 0 Å². The van der Waals surface area contributed by atoms with E-state index >= 15 is 0 Å². The summed E-state index contributed by atoms with van der Waals surface area (Å²) in [4.78, 5) is 0. The number of aromatic hydroxyl groups is 1. The van der Waals surface area contributed by atoms with Crippen molar-refractivity contribution in [2.24, 2.45) is 11.8 Å². The molecule has 1 aliphatic carbocycles. The summed E-state index contributed by atoms with van der Waals surface area (Å²) >= 11 is 0. The highest BCUT2D eigenvalue weighted by molar-refractivity contribution is 5.77. The summed E-state index contributed by atoms with van der Waals surface area (Å²) in [6, 6.07) is 3.50. The third kappa shape index (κ3) is 3.31. The summed E-state index contributed by atoms with van der Waals surface area (Å²) in [6.45, 7) is 5.61. The van der Waals surface area contributed by atoms with Crippen molar-refractivity contribution in [1.82, 2.24) is 0 Å². The molecule has 3 rings (SSSR count). The standard InChI is InChI=1S/C20H28O4/c1-12-8-16(21)9-13(2)18(12)19-17(23-3)11-15(20(19)22)10-14-4-6-24-7-5-14/h8-9,14-15,20-22H,4-7,10-11H2,1-3H3. The number of rotatable bonds is 4. The van der Waals surface area contributed by atoms with Gasteiger partial charge in [0.1, 0.15) is 11.5 Å². The molecule has 1 aromatic carbocycles. The van der Waals surface area contributed by atoms with Gasteiger partial charge in [0.05, 0.1) is 13.2 Å². The van der Waals surface area contributed by atoms with Gasteiger partial charge in [-0.1, -0.05) is 0 Å². The van der Waals surface area contributed by atoms with Crippen LogP contribution in [0.1, 0.15) is 42.4 Å². The highest BCUT2D eigenvalue weighted by Gasteiger charge is 2.37. The average Bonchev–Trinajstić information content (AvgIpc) is 2.84. The molecule has 0 spiro atoms. The molecular weight excluding hydrogens is 304 g/mol. The maximum atomic E-state index is 11.0. The Morgan fingerprint density at radius 1 is 1.17 bits per heavy atom. The summed E-state index contributed by atoms with van der Waals surface area (Å²) in [5.74, 6) is 1.97. The summed E-state index contributed by atoms with van der Waals surface area (Å²) in [6.07, 6.45) is 3.45. The third-order valence-corrected chi connectivity index (χ3v) is 5.50. The van der Waals surface area contributed by atoms with Crippen LogP contribution in [0, 0.1) is 25.7 Å². The molecule has 1 aliphatic heterocycles. The third-order valence-electron chi connectivity index (χ3n) is 5.50. The number of methoxy groups -OCH3 is 1. The molecule has 0 bridgehead atoms. The van der Waals surface area contributed by atoms with Gasteiger partial charge < -0.3 is 19.7 Å². The monoisotopic (exact) mass is 332 g/mol. The van der Waals surface area contributed by atoms with E-state index < -0.39 is 6.10 Å². The van der Waals surface area contributed by atoms with Crippen molar-refractivity contribution in [1.29, 1.82) is 0 Å². The smallest absolute Gasteiger partial charge is 0.116 e. The number of phenols is 1. The van der Waals surface area contributed by atoms with Gasteiger partial charge in [0.25, 0.3) is 0 Å². The zero-order valence-electron chi connectivity index (χ0n) is 14.8. The minimum atomic E-state index is -0.510. The largest absolute Gasteiger partial charge is 0.508 e. The van der Waals surface area contributed by atoms with E-state index in [1.54, 1.807) is 19.2 Å². The Bertz CT molecular complexity index is 606. The lowest BCUT2D eigenvalue weighted by molar-refractivity contribution is 0.0496. The van der Waals surface area contributed by atoms with Gasteiger partial charge in [0, 0.05) is 25.2 Å². The van der Waals surface area contributed by atoms with E-state index in [1.165, 1.54) is 0 Å². The van der Waals surface area contributed by atoms with Crippen LogP contribution in [-0.2, 0) is 9.47 Å². The fraction of sp³-hybridized carbons (Fsp3) is 0.600. The molecular formula is C20H28O4. The number of aliphatic hydroxyl groups is 1. The number of allylic oxidation sites excluding steroid dienone is 1. The van der Waals surface area contributed by atoms with Gasteiger partial charge in [0.2, 0.25) is 0 Å². The van der Waals surface area contributed by atoms with Gasteiger partial charge in [-0.25, -0.2) is 0 Å². The molecule has 1 fully saturated rings. The Labute approximate surface area is 144 Å². The molecule has 4 nitrogen and oxygen atoms in total. The highest BCUT2D eigenvalue weighted by atomic mass is 16.5. The van der Waals surface area contributed by atoms with Gasteiger partial charge >= 0.3 is 0 Å². The topological polar surface area (TPSA) is 58.9 Å². The molecule has 0 aromatic heterocycles. The molecule has 2 aliphatic rings. The summed E-state index contributed by atoms with van der Waals surface area (Å²) in [5, 5.41) is 20.8. The fourth-order valence-corrected chi connectivity index (χ4v) is 4.33. The number of aliphatic hydroxyl groups excluding tert-OH is 1. The number of benzene rings is 1. The predicted molar refractivity (Wildman–Crippen MR) is 93.8 cm³/mol. The first kappa shape index (κ1) is 17.3.